The first-order chi connectivity index (χ1) is 39.4. The van der Waals surface area contributed by atoms with Gasteiger partial charge in [-0.1, -0.05) is 19.1 Å². The van der Waals surface area contributed by atoms with E-state index in [-0.39, 0.29) is 84.6 Å². The zero-order chi connectivity index (χ0) is 59.7. The summed E-state index contributed by atoms with van der Waals surface area (Å²) >= 11 is 0. The molecule has 0 amide bonds. The zero-order valence-corrected chi connectivity index (χ0v) is 49.5. The first kappa shape index (κ1) is 62.5. The molecule has 2 aromatic rings. The number of likely N-dealkylation sites (N-methyl/N-ethyl adjacent to an activating group) is 2. The van der Waals surface area contributed by atoms with Crippen LogP contribution in [0.15, 0.2) is 18.2 Å². The van der Waals surface area contributed by atoms with Crippen molar-refractivity contribution in [3.63, 3.8) is 0 Å². The van der Waals surface area contributed by atoms with Gasteiger partial charge in [0.2, 0.25) is 5.78 Å². The molecule has 6 saturated heterocycles. The number of nitrogens with zero attached hydrogens (tertiary/aromatic N) is 2. The van der Waals surface area contributed by atoms with Gasteiger partial charge in [-0.25, -0.2) is 0 Å². The quantitative estimate of drug-likeness (QED) is 0.101. The van der Waals surface area contributed by atoms with Crippen molar-refractivity contribution in [1.29, 1.82) is 0 Å². The predicted molar refractivity (Wildman–Crippen MR) is 292 cm³/mol. The molecule has 0 saturated carbocycles. The van der Waals surface area contributed by atoms with Gasteiger partial charge in [0.25, 0.3) is 0 Å². The van der Waals surface area contributed by atoms with Gasteiger partial charge in [-0.05, 0) is 101 Å². The number of carbonyl (C=O) groups excluding carboxylic acids is 2. The molecule has 8 aliphatic rings. The number of hydrogen-bond acceptors (Lipinski definition) is 23. The van der Waals surface area contributed by atoms with E-state index in [2.05, 4.69) is 0 Å². The topological polar surface area (TPSA) is 293 Å². The summed E-state index contributed by atoms with van der Waals surface area (Å²) in [7, 11) is 7.52. The van der Waals surface area contributed by atoms with Crippen molar-refractivity contribution in [2.45, 2.75) is 266 Å². The highest BCUT2D eigenvalue weighted by Crippen LogP contribution is 2.58. The lowest BCUT2D eigenvalue weighted by Crippen LogP contribution is -2.59. The summed E-state index contributed by atoms with van der Waals surface area (Å²) in [6, 6.07) is 3.16. The molecule has 7 N–H and O–H groups in total. The molecular weight excluding hydrogens is 1080 g/mol. The predicted octanol–water partition coefficient (Wildman–Crippen LogP) is 4.70. The van der Waals surface area contributed by atoms with E-state index in [1.54, 1.807) is 20.8 Å². The third kappa shape index (κ3) is 12.5. The molecule has 6 fully saturated rings. The van der Waals surface area contributed by atoms with E-state index >= 15 is 0 Å². The number of hydrogen-bond donors (Lipinski definition) is 7. The largest absolute Gasteiger partial charge is 0.507 e. The standard InChI is InChI=1S/C60H88N2O21/c1-12-60(71)25-40(81-56-29(5)76-45(23-33(56)61(8)9)82-58-31(7)77-46(24-36(58)64)80-38-17-20-42(66)73-27(38)3)48-51(55(70)49-50(54(48)69)53(68)47-32(52(49)67)14-13-15-35(47)63)59(60)83-57-30(6)75-44(22-34(57)62(10)11)79-39-18-21-43(74-28(39)4)78-37-16-19-41(65)72-26(37)2/h13-15,26-31,33-34,36-46,56-59,63-66,69-71H,12,16-25H2,1-11H3. The zero-order valence-electron chi connectivity index (χ0n) is 49.5. The van der Waals surface area contributed by atoms with Crippen LogP contribution in [-0.2, 0) is 56.8 Å². The summed E-state index contributed by atoms with van der Waals surface area (Å²) in [5.74, 6) is -3.55. The first-order valence-corrected chi connectivity index (χ1v) is 29.8. The van der Waals surface area contributed by atoms with Crippen molar-refractivity contribution in [2.75, 3.05) is 28.2 Å². The molecule has 0 spiro atoms. The third-order valence-electron chi connectivity index (χ3n) is 18.6. The summed E-state index contributed by atoms with van der Waals surface area (Å²) in [4.78, 5) is 33.1. The van der Waals surface area contributed by atoms with Crippen LogP contribution in [0.25, 0.3) is 0 Å². The Morgan fingerprint density at radius 1 is 0.530 bits per heavy atom. The molecule has 23 heteroatoms. The molecule has 0 bridgehead atoms. The highest BCUT2D eigenvalue weighted by Gasteiger charge is 2.56. The van der Waals surface area contributed by atoms with Crippen molar-refractivity contribution < 1.29 is 102 Å². The number of aliphatic hydroxyl groups is 4. The fourth-order valence-electron chi connectivity index (χ4n) is 14.0. The molecular formula is C60H88N2O21. The second-order valence-electron chi connectivity index (χ2n) is 24.7. The molecule has 23 nitrogen and oxygen atoms in total. The maximum absolute atomic E-state index is 14.6. The molecule has 10 rings (SSSR count). The average Bonchev–Trinajstić information content (AvgIpc) is 1.00. The molecule has 24 atom stereocenters. The van der Waals surface area contributed by atoms with Gasteiger partial charge in [-0.15, -0.1) is 0 Å². The Labute approximate surface area is 485 Å². The number of rotatable bonds is 15. The highest BCUT2D eigenvalue weighted by atomic mass is 16.7. The minimum absolute atomic E-state index is 0.0350. The summed E-state index contributed by atoms with van der Waals surface area (Å²) in [6.45, 7) is 12.8. The molecule has 0 radical (unpaired) electrons. The van der Waals surface area contributed by atoms with Crippen molar-refractivity contribution in [1.82, 2.24) is 9.80 Å². The maximum atomic E-state index is 14.6. The van der Waals surface area contributed by atoms with E-state index < -0.39 is 150 Å². The van der Waals surface area contributed by atoms with Gasteiger partial charge in [-0.2, -0.15) is 0 Å². The van der Waals surface area contributed by atoms with Crippen LogP contribution < -0.4 is 0 Å². The lowest BCUT2D eigenvalue weighted by atomic mass is 9.70. The Bertz CT molecular complexity index is 2610. The van der Waals surface area contributed by atoms with Gasteiger partial charge < -0.3 is 102 Å². The SMILES string of the molecule is CCC1(O)CC(OC2C(C)OC(OC3C(O)CC(OC4CCC(O)OC4C)OC3C)CC2N(C)C)c2c(O)c3c(c(O)c2C1OC1C(C)OC(OC2CCC(OC4CCC(O)OC4C)OC2C)CC1N(C)C)C(=O)c1cccc(O)c1C3=O. The molecule has 6 heterocycles. The van der Waals surface area contributed by atoms with Crippen molar-refractivity contribution in [3.8, 4) is 17.2 Å². The maximum Gasteiger partial charge on any atom is 0.202 e. The van der Waals surface area contributed by atoms with E-state index in [4.69, 9.17) is 56.8 Å². The van der Waals surface area contributed by atoms with E-state index in [1.165, 1.54) is 18.2 Å². The number of aromatic hydroxyl groups is 3. The van der Waals surface area contributed by atoms with Gasteiger partial charge in [0, 0.05) is 73.7 Å². The fraction of sp³-hybridized carbons (Fsp3) is 0.767. The van der Waals surface area contributed by atoms with E-state index in [0.717, 1.165) is 0 Å². The highest BCUT2D eigenvalue weighted by molar-refractivity contribution is 6.31. The average molecular weight is 1170 g/mol. The Kier molecular flexibility index (Phi) is 19.0. The normalized spacial score (nSPS) is 42.3. The van der Waals surface area contributed by atoms with Crippen molar-refractivity contribution in [3.05, 3.63) is 51.6 Å². The summed E-state index contributed by atoms with van der Waals surface area (Å²) in [5.41, 5.74) is -3.59. The molecule has 83 heavy (non-hydrogen) atoms. The van der Waals surface area contributed by atoms with Crippen molar-refractivity contribution in [2.24, 2.45) is 0 Å². The monoisotopic (exact) mass is 1170 g/mol. The van der Waals surface area contributed by atoms with Crippen LogP contribution in [0.2, 0.25) is 0 Å². The second kappa shape index (κ2) is 25.3. The number of ether oxygens (including phenoxy) is 12. The summed E-state index contributed by atoms with van der Waals surface area (Å²) in [6.07, 6.45) is -10.8. The van der Waals surface area contributed by atoms with Gasteiger partial charge in [0.05, 0.1) is 95.5 Å². The number of fused-ring (bicyclic) bond motifs is 3. The minimum atomic E-state index is -1.86. The van der Waals surface area contributed by atoms with E-state index in [0.29, 0.717) is 44.9 Å². The molecule has 2 aromatic carbocycles. The minimum Gasteiger partial charge on any atom is -0.507 e. The Balaban J connectivity index is 0.906. The number of aliphatic hydroxyl groups excluding tert-OH is 3. The van der Waals surface area contributed by atoms with Gasteiger partial charge in [0.15, 0.2) is 43.5 Å². The van der Waals surface area contributed by atoms with Crippen LogP contribution in [0.4, 0.5) is 0 Å². The molecule has 6 aliphatic heterocycles. The Hall–Kier alpha value is -3.54. The fourth-order valence-corrected chi connectivity index (χ4v) is 14.0. The molecule has 24 unspecified atom stereocenters. The van der Waals surface area contributed by atoms with Crippen LogP contribution in [0.5, 0.6) is 17.2 Å². The lowest BCUT2D eigenvalue weighted by Gasteiger charge is -2.51. The van der Waals surface area contributed by atoms with Crippen LogP contribution in [0.3, 0.4) is 0 Å². The smallest absolute Gasteiger partial charge is 0.202 e. The van der Waals surface area contributed by atoms with Crippen molar-refractivity contribution >= 4 is 11.6 Å². The number of benzene rings is 2. The van der Waals surface area contributed by atoms with Gasteiger partial charge >= 0.3 is 0 Å². The van der Waals surface area contributed by atoms with Gasteiger partial charge in [0.1, 0.15) is 35.6 Å². The van der Waals surface area contributed by atoms with Crippen LogP contribution >= 0.6 is 0 Å². The molecule has 0 aromatic heterocycles. The Morgan fingerprint density at radius 3 is 1.53 bits per heavy atom. The number of carbonyl (C=O) groups is 2. The lowest BCUT2D eigenvalue weighted by molar-refractivity contribution is -0.325. The summed E-state index contributed by atoms with van der Waals surface area (Å²) in [5, 5.41) is 81.2. The first-order valence-electron chi connectivity index (χ1n) is 29.8. The Morgan fingerprint density at radius 2 is 1.00 bits per heavy atom. The second-order valence-corrected chi connectivity index (χ2v) is 24.7. The third-order valence-corrected chi connectivity index (χ3v) is 18.6. The van der Waals surface area contributed by atoms with E-state index in [1.807, 2.05) is 65.7 Å². The van der Waals surface area contributed by atoms with Gasteiger partial charge in [-0.3, -0.25) is 9.59 Å². The van der Waals surface area contributed by atoms with Crippen LogP contribution in [-0.4, -0.2) is 220 Å². The van der Waals surface area contributed by atoms with E-state index in [9.17, 15) is 45.3 Å². The molecule has 464 valence electrons. The van der Waals surface area contributed by atoms with Crippen LogP contribution in [0.1, 0.15) is 174 Å². The molecule has 2 aliphatic carbocycles. The number of phenols is 3. The van der Waals surface area contributed by atoms with Crippen LogP contribution in [0, 0.1) is 0 Å². The number of ketones is 2. The number of phenolic OH excluding ortho intramolecular Hbond substituents is 3. The summed E-state index contributed by atoms with van der Waals surface area (Å²) < 4.78 is 76.9.